The molecule has 4 heteroatoms. The first kappa shape index (κ1) is 14.0. The van der Waals surface area contributed by atoms with Gasteiger partial charge >= 0.3 is 0 Å². The lowest BCUT2D eigenvalue weighted by molar-refractivity contribution is -0.128. The van der Waals surface area contributed by atoms with E-state index in [9.17, 15) is 4.79 Å². The Labute approximate surface area is 111 Å². The smallest absolute Gasteiger partial charge is 0.241 e. The molecule has 1 rings (SSSR count). The molecule has 1 aromatic rings. The molecule has 0 aromatic heterocycles. The van der Waals surface area contributed by atoms with Crippen LogP contribution in [0.4, 0.5) is 5.69 Å². The number of anilines is 1. The highest BCUT2D eigenvalue weighted by Crippen LogP contribution is 2.20. The van der Waals surface area contributed by atoms with E-state index in [1.165, 1.54) is 5.56 Å². The van der Waals surface area contributed by atoms with Crippen molar-refractivity contribution in [3.05, 3.63) is 28.2 Å². The molecule has 0 heterocycles. The van der Waals surface area contributed by atoms with E-state index in [2.05, 4.69) is 21.2 Å². The van der Waals surface area contributed by atoms with Crippen LogP contribution in [0.1, 0.15) is 19.4 Å². The summed E-state index contributed by atoms with van der Waals surface area (Å²) in [6, 6.07) is 5.99. The third kappa shape index (κ3) is 4.04. The monoisotopic (exact) mass is 298 g/mol. The predicted molar refractivity (Wildman–Crippen MR) is 75.3 cm³/mol. The van der Waals surface area contributed by atoms with Gasteiger partial charge in [0.1, 0.15) is 0 Å². The minimum absolute atomic E-state index is 0.131. The molecule has 1 aromatic carbocycles. The molecule has 0 aliphatic carbocycles. The molecular weight excluding hydrogens is 280 g/mol. The fraction of sp³-hybridized carbons (Fsp3) is 0.462. The Hall–Kier alpha value is -1.03. The minimum Gasteiger partial charge on any atom is -0.376 e. The van der Waals surface area contributed by atoms with Crippen molar-refractivity contribution in [2.45, 2.75) is 20.8 Å². The molecule has 0 fully saturated rings. The molecule has 0 saturated carbocycles. The molecule has 94 valence electrons. The number of hydrogen-bond donors (Lipinski definition) is 1. The molecule has 0 aliphatic rings. The van der Waals surface area contributed by atoms with Gasteiger partial charge < -0.3 is 10.2 Å². The van der Waals surface area contributed by atoms with Gasteiger partial charge in [-0.15, -0.1) is 0 Å². The Balaban J connectivity index is 2.55. The van der Waals surface area contributed by atoms with Crippen LogP contribution in [0.5, 0.6) is 0 Å². The number of nitrogens with one attached hydrogen (secondary N) is 1. The van der Waals surface area contributed by atoms with Gasteiger partial charge in [0.05, 0.1) is 6.54 Å². The first-order chi connectivity index (χ1) is 8.08. The highest BCUT2D eigenvalue weighted by Gasteiger charge is 2.08. The van der Waals surface area contributed by atoms with Crippen LogP contribution in [0.3, 0.4) is 0 Å². The Morgan fingerprint density at radius 3 is 2.53 bits per heavy atom. The standard InChI is InChI=1S/C13H19BrN2O/c1-4-16(5-2)13(17)9-15-11-7-6-10(3)12(14)8-11/h6-8,15H,4-5,9H2,1-3H3. The molecule has 0 spiro atoms. The van der Waals surface area contributed by atoms with Crippen molar-refractivity contribution in [2.24, 2.45) is 0 Å². The first-order valence-corrected chi connectivity index (χ1v) is 6.65. The van der Waals surface area contributed by atoms with Crippen molar-refractivity contribution >= 4 is 27.5 Å². The Morgan fingerprint density at radius 1 is 1.35 bits per heavy atom. The van der Waals surface area contributed by atoms with E-state index in [1.54, 1.807) is 0 Å². The molecule has 0 unspecified atom stereocenters. The summed E-state index contributed by atoms with van der Waals surface area (Å²) in [7, 11) is 0. The zero-order chi connectivity index (χ0) is 12.8. The van der Waals surface area contributed by atoms with Crippen LogP contribution in [0.25, 0.3) is 0 Å². The van der Waals surface area contributed by atoms with Gasteiger partial charge in [-0.1, -0.05) is 22.0 Å². The summed E-state index contributed by atoms with van der Waals surface area (Å²) in [6.07, 6.45) is 0. The topological polar surface area (TPSA) is 32.3 Å². The number of rotatable bonds is 5. The summed E-state index contributed by atoms with van der Waals surface area (Å²) in [4.78, 5) is 13.6. The lowest BCUT2D eigenvalue weighted by atomic mass is 10.2. The largest absolute Gasteiger partial charge is 0.376 e. The summed E-state index contributed by atoms with van der Waals surface area (Å²) in [6.45, 7) is 7.88. The number of halogens is 1. The lowest BCUT2D eigenvalue weighted by Gasteiger charge is -2.19. The van der Waals surface area contributed by atoms with Gasteiger partial charge in [-0.05, 0) is 38.5 Å². The molecule has 0 bridgehead atoms. The van der Waals surface area contributed by atoms with Crippen molar-refractivity contribution in [3.63, 3.8) is 0 Å². The van der Waals surface area contributed by atoms with Gasteiger partial charge in [0.15, 0.2) is 0 Å². The van der Waals surface area contributed by atoms with Crippen LogP contribution in [0.2, 0.25) is 0 Å². The lowest BCUT2D eigenvalue weighted by Crippen LogP contribution is -2.35. The molecule has 1 N–H and O–H groups in total. The first-order valence-electron chi connectivity index (χ1n) is 5.86. The van der Waals surface area contributed by atoms with Crippen molar-refractivity contribution in [1.82, 2.24) is 4.90 Å². The number of nitrogens with zero attached hydrogens (tertiary/aromatic N) is 1. The number of carbonyl (C=O) groups excluding carboxylic acids is 1. The third-order valence-corrected chi connectivity index (χ3v) is 3.59. The average molecular weight is 299 g/mol. The van der Waals surface area contributed by atoms with Gasteiger partial charge in [-0.2, -0.15) is 0 Å². The fourth-order valence-electron chi connectivity index (χ4n) is 1.57. The zero-order valence-corrected chi connectivity index (χ0v) is 12.2. The second kappa shape index (κ2) is 6.64. The van der Waals surface area contributed by atoms with Crippen LogP contribution in [-0.2, 0) is 4.79 Å². The average Bonchev–Trinajstić information content (AvgIpc) is 2.32. The molecule has 1 amide bonds. The third-order valence-electron chi connectivity index (χ3n) is 2.73. The summed E-state index contributed by atoms with van der Waals surface area (Å²) in [5.74, 6) is 0.131. The molecule has 0 atom stereocenters. The van der Waals surface area contributed by atoms with Crippen molar-refractivity contribution < 1.29 is 4.79 Å². The van der Waals surface area contributed by atoms with Crippen molar-refractivity contribution in [2.75, 3.05) is 25.0 Å². The van der Waals surface area contributed by atoms with E-state index in [0.29, 0.717) is 6.54 Å². The van der Waals surface area contributed by atoms with E-state index in [1.807, 2.05) is 43.9 Å². The van der Waals surface area contributed by atoms with Crippen LogP contribution < -0.4 is 5.32 Å². The summed E-state index contributed by atoms with van der Waals surface area (Å²) < 4.78 is 1.05. The van der Waals surface area contributed by atoms with Crippen LogP contribution in [0, 0.1) is 6.92 Å². The van der Waals surface area contributed by atoms with E-state index in [4.69, 9.17) is 0 Å². The maximum absolute atomic E-state index is 11.8. The van der Waals surface area contributed by atoms with Crippen LogP contribution in [-0.4, -0.2) is 30.4 Å². The minimum atomic E-state index is 0.131. The second-order valence-electron chi connectivity index (χ2n) is 3.88. The van der Waals surface area contributed by atoms with E-state index in [-0.39, 0.29) is 5.91 Å². The maximum Gasteiger partial charge on any atom is 0.241 e. The number of amides is 1. The van der Waals surface area contributed by atoms with Crippen molar-refractivity contribution in [3.8, 4) is 0 Å². The Bertz CT molecular complexity index is 389. The maximum atomic E-state index is 11.8. The highest BCUT2D eigenvalue weighted by atomic mass is 79.9. The quantitative estimate of drug-likeness (QED) is 0.906. The van der Waals surface area contributed by atoms with E-state index >= 15 is 0 Å². The second-order valence-corrected chi connectivity index (χ2v) is 4.74. The zero-order valence-electron chi connectivity index (χ0n) is 10.6. The van der Waals surface area contributed by atoms with Gasteiger partial charge in [0.25, 0.3) is 0 Å². The van der Waals surface area contributed by atoms with Gasteiger partial charge in [0.2, 0.25) is 5.91 Å². The van der Waals surface area contributed by atoms with E-state index in [0.717, 1.165) is 23.2 Å². The number of likely N-dealkylation sites (N-methyl/N-ethyl adjacent to an activating group) is 1. The summed E-state index contributed by atoms with van der Waals surface area (Å²) >= 11 is 3.47. The highest BCUT2D eigenvalue weighted by molar-refractivity contribution is 9.10. The van der Waals surface area contributed by atoms with Gasteiger partial charge in [-0.3, -0.25) is 4.79 Å². The predicted octanol–water partition coefficient (Wildman–Crippen LogP) is 3.04. The van der Waals surface area contributed by atoms with Crippen molar-refractivity contribution in [1.29, 1.82) is 0 Å². The normalized spacial score (nSPS) is 10.1. The summed E-state index contributed by atoms with van der Waals surface area (Å²) in [5.41, 5.74) is 2.15. The van der Waals surface area contributed by atoms with Crippen LogP contribution in [0.15, 0.2) is 22.7 Å². The van der Waals surface area contributed by atoms with Gasteiger partial charge in [-0.25, -0.2) is 0 Å². The fourth-order valence-corrected chi connectivity index (χ4v) is 1.95. The number of carbonyl (C=O) groups is 1. The molecule has 0 aliphatic heterocycles. The van der Waals surface area contributed by atoms with Gasteiger partial charge in [0, 0.05) is 23.2 Å². The molecule has 17 heavy (non-hydrogen) atoms. The molecular formula is C13H19BrN2O. The summed E-state index contributed by atoms with van der Waals surface area (Å²) in [5, 5.41) is 3.14. The SMILES string of the molecule is CCN(CC)C(=O)CNc1ccc(C)c(Br)c1. The Morgan fingerprint density at radius 2 is 2.00 bits per heavy atom. The molecule has 0 saturated heterocycles. The molecule has 3 nitrogen and oxygen atoms in total. The number of aryl methyl sites for hydroxylation is 1. The van der Waals surface area contributed by atoms with E-state index < -0.39 is 0 Å². The Kier molecular flexibility index (Phi) is 5.48. The number of hydrogen-bond acceptors (Lipinski definition) is 2. The number of benzene rings is 1. The molecule has 0 radical (unpaired) electrons. The van der Waals surface area contributed by atoms with Crippen LogP contribution >= 0.6 is 15.9 Å².